The topological polar surface area (TPSA) is 28.2 Å². The molecule has 0 spiro atoms. The van der Waals surface area contributed by atoms with Crippen LogP contribution in [-0.4, -0.2) is 37.1 Å². The molecule has 1 aromatic heterocycles. The number of benzene rings is 2. The van der Waals surface area contributed by atoms with Gasteiger partial charge in [0, 0.05) is 22.5 Å². The fourth-order valence-electron chi connectivity index (χ4n) is 2.92. The van der Waals surface area contributed by atoms with E-state index in [0.29, 0.717) is 0 Å². The number of hydrogen-bond donors (Lipinski definition) is 1. The average Bonchev–Trinajstić information content (AvgIpc) is 2.61. The van der Waals surface area contributed by atoms with Gasteiger partial charge in [0.15, 0.2) is 0 Å². The normalized spacial score (nSPS) is 10.5. The van der Waals surface area contributed by atoms with E-state index in [4.69, 9.17) is 16.6 Å². The summed E-state index contributed by atoms with van der Waals surface area (Å²) in [4.78, 5) is 7.02. The lowest BCUT2D eigenvalue weighted by Crippen LogP contribution is -2.21. The highest BCUT2D eigenvalue weighted by Crippen LogP contribution is 2.26. The van der Waals surface area contributed by atoms with E-state index in [9.17, 15) is 0 Å². The van der Waals surface area contributed by atoms with E-state index in [0.717, 1.165) is 53.2 Å². The Labute approximate surface area is 178 Å². The number of rotatable bonds is 7. The molecular weight excluding hydrogens is 401 g/mol. The second-order valence-corrected chi connectivity index (χ2v) is 6.96. The molecule has 27 heavy (non-hydrogen) atoms. The number of nitrogens with one attached hydrogen (secondary N) is 1. The zero-order chi connectivity index (χ0) is 17.6. The molecular formula is C21H26Cl3N3. The lowest BCUT2D eigenvalue weighted by atomic mass is 10.0. The Morgan fingerprint density at radius 2 is 1.74 bits per heavy atom. The molecule has 146 valence electrons. The summed E-state index contributed by atoms with van der Waals surface area (Å²) in [6.45, 7) is 2.92. The van der Waals surface area contributed by atoms with Gasteiger partial charge in [-0.15, -0.1) is 24.8 Å². The number of aromatic nitrogens is 1. The fourth-order valence-corrected chi connectivity index (χ4v) is 3.09. The molecule has 0 aliphatic heterocycles. The largest absolute Gasteiger partial charge is 0.313 e. The van der Waals surface area contributed by atoms with Crippen molar-refractivity contribution >= 4 is 47.3 Å². The molecule has 0 bridgehead atoms. The van der Waals surface area contributed by atoms with Gasteiger partial charge in [-0.1, -0.05) is 48.0 Å². The van der Waals surface area contributed by atoms with Crippen LogP contribution in [0.2, 0.25) is 5.02 Å². The van der Waals surface area contributed by atoms with Crippen LogP contribution >= 0.6 is 36.4 Å². The van der Waals surface area contributed by atoms with Crippen LogP contribution in [0.3, 0.4) is 0 Å². The third-order valence-electron chi connectivity index (χ3n) is 4.20. The van der Waals surface area contributed by atoms with Crippen molar-refractivity contribution in [2.45, 2.75) is 13.0 Å². The quantitative estimate of drug-likeness (QED) is 0.510. The number of fused-ring (bicyclic) bond motifs is 1. The van der Waals surface area contributed by atoms with E-state index in [1.54, 1.807) is 0 Å². The Kier molecular flexibility index (Phi) is 10.1. The Morgan fingerprint density at radius 1 is 1.00 bits per heavy atom. The standard InChI is InChI=1S/C21H24ClN3.2ClH/c1-25(2)12-6-11-23-15-17-13-20(16-7-4-3-5-8-16)24-21-14-18(22)9-10-19(17)21;;/h3-5,7-10,13-14,23H,6,11-12,15H2,1-2H3;2*1H. The molecule has 0 aliphatic rings. The van der Waals surface area contributed by atoms with Crippen LogP contribution in [-0.2, 0) is 6.54 Å². The van der Waals surface area contributed by atoms with E-state index >= 15 is 0 Å². The molecule has 0 amide bonds. The minimum Gasteiger partial charge on any atom is -0.313 e. The first kappa shape index (κ1) is 23.7. The van der Waals surface area contributed by atoms with Gasteiger partial charge in [0.2, 0.25) is 0 Å². The van der Waals surface area contributed by atoms with Gasteiger partial charge >= 0.3 is 0 Å². The summed E-state index contributed by atoms with van der Waals surface area (Å²) >= 11 is 6.18. The van der Waals surface area contributed by atoms with Gasteiger partial charge in [-0.3, -0.25) is 0 Å². The van der Waals surface area contributed by atoms with Crippen molar-refractivity contribution in [1.29, 1.82) is 0 Å². The highest BCUT2D eigenvalue weighted by atomic mass is 35.5. The van der Waals surface area contributed by atoms with Gasteiger partial charge in [0.1, 0.15) is 0 Å². The molecule has 6 heteroatoms. The lowest BCUT2D eigenvalue weighted by molar-refractivity contribution is 0.394. The van der Waals surface area contributed by atoms with Crippen molar-refractivity contribution in [2.75, 3.05) is 27.2 Å². The molecule has 0 radical (unpaired) electrons. The van der Waals surface area contributed by atoms with Crippen LogP contribution < -0.4 is 5.32 Å². The molecule has 2 aromatic carbocycles. The highest BCUT2D eigenvalue weighted by molar-refractivity contribution is 6.31. The molecule has 0 saturated heterocycles. The maximum absolute atomic E-state index is 6.18. The zero-order valence-electron chi connectivity index (χ0n) is 15.6. The first-order valence-corrected chi connectivity index (χ1v) is 9.01. The molecule has 0 fully saturated rings. The Bertz CT molecular complexity index is 839. The molecule has 1 N–H and O–H groups in total. The smallest absolute Gasteiger partial charge is 0.0727 e. The first-order valence-electron chi connectivity index (χ1n) is 8.63. The van der Waals surface area contributed by atoms with Crippen molar-refractivity contribution in [2.24, 2.45) is 0 Å². The summed E-state index contributed by atoms with van der Waals surface area (Å²) in [5, 5.41) is 5.43. The van der Waals surface area contributed by atoms with E-state index in [-0.39, 0.29) is 24.8 Å². The Morgan fingerprint density at radius 3 is 2.44 bits per heavy atom. The lowest BCUT2D eigenvalue weighted by Gasteiger charge is -2.13. The van der Waals surface area contributed by atoms with Crippen LogP contribution in [0, 0.1) is 0 Å². The molecule has 3 rings (SSSR count). The summed E-state index contributed by atoms with van der Waals surface area (Å²) in [5.74, 6) is 0. The van der Waals surface area contributed by atoms with Gasteiger partial charge < -0.3 is 10.2 Å². The van der Waals surface area contributed by atoms with E-state index in [2.05, 4.69) is 48.6 Å². The fraction of sp³-hybridized carbons (Fsp3) is 0.286. The van der Waals surface area contributed by atoms with E-state index in [1.165, 1.54) is 5.56 Å². The maximum atomic E-state index is 6.18. The minimum absolute atomic E-state index is 0. The molecule has 3 nitrogen and oxygen atoms in total. The number of hydrogen-bond acceptors (Lipinski definition) is 3. The molecule has 1 heterocycles. The van der Waals surface area contributed by atoms with Crippen molar-refractivity contribution in [3.8, 4) is 11.3 Å². The minimum atomic E-state index is 0. The van der Waals surface area contributed by atoms with Gasteiger partial charge in [0.05, 0.1) is 11.2 Å². The van der Waals surface area contributed by atoms with Crippen molar-refractivity contribution in [3.63, 3.8) is 0 Å². The van der Waals surface area contributed by atoms with Crippen molar-refractivity contribution in [1.82, 2.24) is 15.2 Å². The predicted molar refractivity (Wildman–Crippen MR) is 122 cm³/mol. The van der Waals surface area contributed by atoms with Gasteiger partial charge in [0.25, 0.3) is 0 Å². The Balaban J connectivity index is 0.00000182. The van der Waals surface area contributed by atoms with Gasteiger partial charge in [-0.05, 0) is 57.4 Å². The molecule has 0 atom stereocenters. The van der Waals surface area contributed by atoms with Crippen LogP contribution in [0.5, 0.6) is 0 Å². The van der Waals surface area contributed by atoms with E-state index < -0.39 is 0 Å². The third kappa shape index (κ3) is 6.63. The summed E-state index contributed by atoms with van der Waals surface area (Å²) in [5.41, 5.74) is 4.31. The summed E-state index contributed by atoms with van der Waals surface area (Å²) in [7, 11) is 4.21. The average molecular weight is 427 g/mol. The van der Waals surface area contributed by atoms with Crippen LogP contribution in [0.25, 0.3) is 22.2 Å². The zero-order valence-corrected chi connectivity index (χ0v) is 18.0. The van der Waals surface area contributed by atoms with E-state index in [1.807, 2.05) is 30.3 Å². The van der Waals surface area contributed by atoms with Crippen LogP contribution in [0.1, 0.15) is 12.0 Å². The highest BCUT2D eigenvalue weighted by Gasteiger charge is 2.08. The molecule has 0 saturated carbocycles. The van der Waals surface area contributed by atoms with Crippen molar-refractivity contribution in [3.05, 3.63) is 65.2 Å². The number of nitrogens with zero attached hydrogens (tertiary/aromatic N) is 2. The number of halogens is 3. The summed E-state index contributed by atoms with van der Waals surface area (Å²) in [6, 6.07) is 18.4. The first-order chi connectivity index (χ1) is 12.1. The summed E-state index contributed by atoms with van der Waals surface area (Å²) in [6.07, 6.45) is 1.13. The SMILES string of the molecule is CN(C)CCCNCc1cc(-c2ccccc2)nc2cc(Cl)ccc12.Cl.Cl. The monoisotopic (exact) mass is 425 g/mol. The Hall–Kier alpha value is -1.36. The second-order valence-electron chi connectivity index (χ2n) is 6.53. The van der Waals surface area contributed by atoms with Gasteiger partial charge in [-0.2, -0.15) is 0 Å². The van der Waals surface area contributed by atoms with Crippen LogP contribution in [0.4, 0.5) is 0 Å². The number of pyridine rings is 1. The predicted octanol–water partition coefficient (Wildman–Crippen LogP) is 5.44. The second kappa shape index (κ2) is 11.5. The maximum Gasteiger partial charge on any atom is 0.0727 e. The van der Waals surface area contributed by atoms with Crippen LogP contribution in [0.15, 0.2) is 54.6 Å². The van der Waals surface area contributed by atoms with Gasteiger partial charge in [-0.25, -0.2) is 4.98 Å². The molecule has 0 aliphatic carbocycles. The summed E-state index contributed by atoms with van der Waals surface area (Å²) < 4.78 is 0. The molecule has 3 aromatic rings. The third-order valence-corrected chi connectivity index (χ3v) is 4.44. The molecule has 0 unspecified atom stereocenters. The van der Waals surface area contributed by atoms with Crippen molar-refractivity contribution < 1.29 is 0 Å².